The van der Waals surface area contributed by atoms with Crippen LogP contribution < -0.4 is 19.3 Å². The van der Waals surface area contributed by atoms with Gasteiger partial charge >= 0.3 is 0 Å². The number of likely N-dealkylation sites (tertiary alicyclic amines) is 5. The average Bonchev–Trinajstić information content (AvgIpc) is 3.39. The van der Waals surface area contributed by atoms with Gasteiger partial charge in [0, 0.05) is 120 Å². The van der Waals surface area contributed by atoms with Gasteiger partial charge in [-0.15, -0.1) is 0 Å². The molecule has 8 heterocycles. The molecule has 0 spiro atoms. The van der Waals surface area contributed by atoms with Crippen molar-refractivity contribution < 1.29 is 41.6 Å². The molecule has 1 saturated carbocycles. The van der Waals surface area contributed by atoms with E-state index >= 15 is 4.39 Å². The van der Waals surface area contributed by atoms with E-state index in [1.54, 1.807) is 11.0 Å². The highest BCUT2D eigenvalue weighted by atomic mass is 32.2. The predicted molar refractivity (Wildman–Crippen MR) is 277 cm³/mol. The van der Waals surface area contributed by atoms with Crippen LogP contribution in [0.15, 0.2) is 24.4 Å². The molecule has 396 valence electrons. The SMILES string of the molecule is CC[NH+]1CCC(N2CCCCC2=O)CC1.COc1ncc(-c2nc(N3CCOCC3)nc3c(CN4CCC(N5CCCCC5=O)CC4)cc(F)cc23)cc1NS(C)(=O)=O.O=C1CCCCN1C1CCCCC1. The Bertz CT molecular complexity index is 2420. The summed E-state index contributed by atoms with van der Waals surface area (Å²) in [7, 11) is -2.23. The van der Waals surface area contributed by atoms with E-state index in [0.717, 1.165) is 95.9 Å². The minimum Gasteiger partial charge on any atom is -0.480 e. The van der Waals surface area contributed by atoms with Gasteiger partial charge in [0.15, 0.2) is 0 Å². The van der Waals surface area contributed by atoms with Crippen molar-refractivity contribution in [2.75, 3.05) is 102 Å². The maximum absolute atomic E-state index is 15.3. The smallest absolute Gasteiger partial charge is 0.238 e. The number of benzene rings is 1. The number of rotatable bonds is 11. The summed E-state index contributed by atoms with van der Waals surface area (Å²) in [5, 5.41) is 0.503. The lowest BCUT2D eigenvalue weighted by Crippen LogP contribution is -3.13. The second-order valence-corrected chi connectivity index (χ2v) is 22.6. The molecule has 6 saturated heterocycles. The molecular formula is C53H80FN10O7S+. The highest BCUT2D eigenvalue weighted by molar-refractivity contribution is 7.92. The standard InChI is InChI=1S/C30H38FN7O5S.C12H22N2O.C11H19NO/c1-42-29-25(35-44(2,40)41)16-20(18-32-29)27-24-17-22(31)15-21(28(24)34-30(33-27)37-11-13-43-14-12-37)19-36-9-6-23(7-10-36)38-8-4-3-5-26(38)39;1-2-13-9-6-11(7-10-13)14-8-4-3-5-12(14)15;13-11-8-4-5-9-12(11)10-6-2-1-3-7-10/h15-18,23,35H,3-14,19H2,1-2H3;11H,2-10H2,1H3;10H,1-9H2/p+1. The van der Waals surface area contributed by atoms with Crippen molar-refractivity contribution in [1.82, 2.24) is 34.6 Å². The number of ether oxygens (including phenoxy) is 2. The molecule has 2 aromatic heterocycles. The number of sulfonamides is 1. The van der Waals surface area contributed by atoms with Crippen LogP contribution in [0, 0.1) is 5.82 Å². The predicted octanol–water partition coefficient (Wildman–Crippen LogP) is 5.42. The summed E-state index contributed by atoms with van der Waals surface area (Å²) < 4.78 is 52.7. The Hall–Kier alpha value is -4.72. The lowest BCUT2D eigenvalue weighted by atomic mass is 9.92. The molecule has 7 aliphatic rings. The topological polar surface area (TPSA) is 175 Å². The van der Waals surface area contributed by atoms with Crippen LogP contribution in [0.1, 0.15) is 128 Å². The van der Waals surface area contributed by atoms with Crippen molar-refractivity contribution >= 4 is 50.3 Å². The molecule has 6 aliphatic heterocycles. The van der Waals surface area contributed by atoms with Gasteiger partial charge in [0.05, 0.1) is 57.4 Å². The number of carbonyl (C=O) groups excluding carboxylic acids is 3. The molecule has 72 heavy (non-hydrogen) atoms. The van der Waals surface area contributed by atoms with E-state index in [4.69, 9.17) is 19.4 Å². The van der Waals surface area contributed by atoms with Crippen molar-refractivity contribution in [3.05, 3.63) is 35.8 Å². The summed E-state index contributed by atoms with van der Waals surface area (Å²) in [6, 6.07) is 5.96. The van der Waals surface area contributed by atoms with E-state index in [1.807, 2.05) is 4.90 Å². The van der Waals surface area contributed by atoms with E-state index < -0.39 is 15.8 Å². The number of anilines is 2. The Morgan fingerprint density at radius 2 is 1.29 bits per heavy atom. The number of carbonyl (C=O) groups is 3. The highest BCUT2D eigenvalue weighted by Gasteiger charge is 2.32. The van der Waals surface area contributed by atoms with E-state index in [1.165, 1.54) is 103 Å². The molecule has 19 heteroatoms. The zero-order valence-corrected chi connectivity index (χ0v) is 44.0. The fourth-order valence-electron chi connectivity index (χ4n) is 11.9. The fraction of sp³-hybridized carbons (Fsp3) is 0.698. The van der Waals surface area contributed by atoms with Gasteiger partial charge in [-0.25, -0.2) is 27.8 Å². The van der Waals surface area contributed by atoms with Gasteiger partial charge in [-0.05, 0) is 94.9 Å². The van der Waals surface area contributed by atoms with Crippen molar-refractivity contribution in [1.29, 1.82) is 0 Å². The zero-order chi connectivity index (χ0) is 50.6. The first-order chi connectivity index (χ1) is 34.9. The van der Waals surface area contributed by atoms with Crippen LogP contribution in [0.5, 0.6) is 5.88 Å². The quantitative estimate of drug-likeness (QED) is 0.250. The molecule has 1 aliphatic carbocycles. The normalized spacial score (nSPS) is 23.3. The molecule has 10 rings (SSSR count). The van der Waals surface area contributed by atoms with E-state index in [2.05, 4.69) is 36.2 Å². The molecule has 0 unspecified atom stereocenters. The number of fused-ring (bicyclic) bond motifs is 1. The first-order valence-electron chi connectivity index (χ1n) is 27.2. The second-order valence-electron chi connectivity index (χ2n) is 20.9. The molecule has 0 radical (unpaired) electrons. The van der Waals surface area contributed by atoms with Gasteiger partial charge in [0.1, 0.15) is 11.5 Å². The summed E-state index contributed by atoms with van der Waals surface area (Å²) in [5.41, 5.74) is 2.44. The lowest BCUT2D eigenvalue weighted by molar-refractivity contribution is -0.903. The first-order valence-corrected chi connectivity index (χ1v) is 29.1. The lowest BCUT2D eigenvalue weighted by Gasteiger charge is -2.40. The molecule has 17 nitrogen and oxygen atoms in total. The summed E-state index contributed by atoms with van der Waals surface area (Å²) in [6.45, 7) is 13.2. The van der Waals surface area contributed by atoms with Gasteiger partial charge in [0.2, 0.25) is 39.6 Å². The van der Waals surface area contributed by atoms with Crippen LogP contribution in [0.2, 0.25) is 0 Å². The zero-order valence-electron chi connectivity index (χ0n) is 43.2. The van der Waals surface area contributed by atoms with Crippen LogP contribution in [0.25, 0.3) is 22.2 Å². The highest BCUT2D eigenvalue weighted by Crippen LogP contribution is 2.36. The minimum absolute atomic E-state index is 0.104. The average molecular weight is 1020 g/mol. The number of hydrogen-bond acceptors (Lipinski definition) is 12. The number of amides is 3. The third kappa shape index (κ3) is 14.1. The summed E-state index contributed by atoms with van der Waals surface area (Å²) >= 11 is 0. The Labute approximate surface area is 426 Å². The third-order valence-corrected chi connectivity index (χ3v) is 16.4. The van der Waals surface area contributed by atoms with Gasteiger partial charge in [-0.3, -0.25) is 24.0 Å². The number of nitrogens with one attached hydrogen (secondary N) is 2. The van der Waals surface area contributed by atoms with Crippen molar-refractivity contribution in [2.45, 2.75) is 147 Å². The van der Waals surface area contributed by atoms with E-state index in [0.29, 0.717) is 91.3 Å². The molecule has 0 atom stereocenters. The Kier molecular flexibility index (Phi) is 19.0. The molecule has 1 aromatic carbocycles. The number of piperidine rings is 5. The van der Waals surface area contributed by atoms with Gasteiger partial charge in [0.25, 0.3) is 0 Å². The number of methoxy groups -OCH3 is 1. The number of morpholine rings is 1. The Morgan fingerprint density at radius 1 is 0.722 bits per heavy atom. The van der Waals surface area contributed by atoms with Crippen molar-refractivity contribution in [2.24, 2.45) is 0 Å². The second kappa shape index (κ2) is 25.5. The first kappa shape index (κ1) is 53.6. The van der Waals surface area contributed by atoms with Crippen LogP contribution in [0.3, 0.4) is 0 Å². The monoisotopic (exact) mass is 1020 g/mol. The van der Waals surface area contributed by atoms with Crippen LogP contribution in [-0.4, -0.2) is 171 Å². The Balaban J connectivity index is 0.000000199. The third-order valence-electron chi connectivity index (χ3n) is 15.8. The number of hydrogen-bond donors (Lipinski definition) is 2. The Morgan fingerprint density at radius 3 is 1.83 bits per heavy atom. The maximum Gasteiger partial charge on any atom is 0.238 e. The molecule has 3 aromatic rings. The molecule has 3 amide bonds. The maximum atomic E-state index is 15.3. The van der Waals surface area contributed by atoms with Gasteiger partial charge < -0.3 is 34.0 Å². The molecule has 7 fully saturated rings. The largest absolute Gasteiger partial charge is 0.480 e. The van der Waals surface area contributed by atoms with Gasteiger partial charge in [-0.1, -0.05) is 19.3 Å². The van der Waals surface area contributed by atoms with Crippen LogP contribution in [-0.2, 0) is 35.7 Å². The number of aromatic nitrogens is 3. The van der Waals surface area contributed by atoms with Crippen LogP contribution >= 0.6 is 0 Å². The van der Waals surface area contributed by atoms with Gasteiger partial charge in [-0.2, -0.15) is 0 Å². The number of nitrogens with zero attached hydrogens (tertiary/aromatic N) is 8. The fourth-order valence-corrected chi connectivity index (χ4v) is 12.4. The number of quaternary nitrogens is 1. The van der Waals surface area contributed by atoms with E-state index in [-0.39, 0.29) is 23.5 Å². The van der Waals surface area contributed by atoms with Crippen molar-refractivity contribution in [3.8, 4) is 17.1 Å². The molecule has 0 bridgehead atoms. The van der Waals surface area contributed by atoms with Crippen LogP contribution in [0.4, 0.5) is 16.0 Å². The van der Waals surface area contributed by atoms with Crippen molar-refractivity contribution in [3.63, 3.8) is 0 Å². The molecule has 2 N–H and O–H groups in total. The number of halogens is 1. The number of pyridine rings is 1. The molecular weight excluding hydrogens is 940 g/mol. The summed E-state index contributed by atoms with van der Waals surface area (Å²) in [4.78, 5) is 62.4. The summed E-state index contributed by atoms with van der Waals surface area (Å²) in [6.07, 6.45) is 22.2. The summed E-state index contributed by atoms with van der Waals surface area (Å²) in [5.74, 6) is 1.26. The minimum atomic E-state index is -3.63. The van der Waals surface area contributed by atoms with E-state index in [9.17, 15) is 22.8 Å².